The van der Waals surface area contributed by atoms with E-state index in [1.165, 1.54) is 23.7 Å². The van der Waals surface area contributed by atoms with Crippen LogP contribution in [0.15, 0.2) is 33.8 Å². The molecule has 0 aliphatic rings. The lowest BCUT2D eigenvalue weighted by atomic mass is 10.4. The van der Waals surface area contributed by atoms with E-state index >= 15 is 0 Å². The van der Waals surface area contributed by atoms with Crippen LogP contribution in [-0.4, -0.2) is 30.0 Å². The second-order valence-corrected chi connectivity index (χ2v) is 5.75. The molecule has 0 saturated heterocycles. The fourth-order valence-electron chi connectivity index (χ4n) is 1.43. The van der Waals surface area contributed by atoms with Gasteiger partial charge in [0.25, 0.3) is 0 Å². The van der Waals surface area contributed by atoms with Crippen molar-refractivity contribution in [1.82, 2.24) is 14.5 Å². The second-order valence-electron chi connectivity index (χ2n) is 3.71. The number of aromatic amines is 1. The van der Waals surface area contributed by atoms with Crippen LogP contribution in [0.2, 0.25) is 0 Å². The molecule has 0 aromatic carbocycles. The number of aromatic nitrogens is 2. The fourth-order valence-corrected chi connectivity index (χ4v) is 2.48. The first-order chi connectivity index (χ1) is 8.00. The molecule has 0 spiro atoms. The first-order valence-electron chi connectivity index (χ1n) is 5.00. The molecule has 1 N–H and O–H groups in total. The highest BCUT2D eigenvalue weighted by molar-refractivity contribution is 7.89. The maximum absolute atomic E-state index is 12.0. The quantitative estimate of drug-likeness (QED) is 0.888. The number of sulfonamides is 1. The third-order valence-electron chi connectivity index (χ3n) is 2.36. The Balaban J connectivity index is 2.18. The number of aryl methyl sites for hydroxylation is 1. The van der Waals surface area contributed by atoms with Crippen molar-refractivity contribution < 1.29 is 12.8 Å². The second kappa shape index (κ2) is 4.34. The molecule has 2 heterocycles. The van der Waals surface area contributed by atoms with Crippen molar-refractivity contribution in [2.24, 2.45) is 0 Å². The third-order valence-corrected chi connectivity index (χ3v) is 4.12. The predicted octanol–water partition coefficient (Wildman–Crippen LogP) is 1.13. The minimum Gasteiger partial charge on any atom is -0.465 e. The van der Waals surface area contributed by atoms with E-state index in [9.17, 15) is 8.42 Å². The van der Waals surface area contributed by atoms with Gasteiger partial charge in [0.2, 0.25) is 10.0 Å². The predicted molar refractivity (Wildman–Crippen MR) is 60.7 cm³/mol. The van der Waals surface area contributed by atoms with Gasteiger partial charge in [-0.3, -0.25) is 5.10 Å². The Morgan fingerprint density at radius 1 is 1.47 bits per heavy atom. The number of hydrogen-bond acceptors (Lipinski definition) is 4. The molecule has 0 unspecified atom stereocenters. The van der Waals surface area contributed by atoms with Crippen LogP contribution in [0.25, 0.3) is 0 Å². The summed E-state index contributed by atoms with van der Waals surface area (Å²) in [6, 6.07) is 3.56. The molecule has 7 heteroatoms. The molecule has 0 saturated carbocycles. The summed E-state index contributed by atoms with van der Waals surface area (Å²) in [5, 5.41) is 6.11. The molecule has 0 amide bonds. The van der Waals surface area contributed by atoms with E-state index < -0.39 is 10.0 Å². The summed E-state index contributed by atoms with van der Waals surface area (Å²) in [5.74, 6) is 1.37. The Morgan fingerprint density at radius 2 is 2.24 bits per heavy atom. The monoisotopic (exact) mass is 255 g/mol. The van der Waals surface area contributed by atoms with Gasteiger partial charge in [0.1, 0.15) is 16.4 Å². The zero-order valence-corrected chi connectivity index (χ0v) is 10.4. The maximum Gasteiger partial charge on any atom is 0.246 e. The molecular formula is C10H13N3O3S. The molecule has 0 atom stereocenters. The van der Waals surface area contributed by atoms with E-state index in [-0.39, 0.29) is 11.4 Å². The van der Waals surface area contributed by atoms with Gasteiger partial charge < -0.3 is 4.42 Å². The summed E-state index contributed by atoms with van der Waals surface area (Å²) in [4.78, 5) is 0.142. The van der Waals surface area contributed by atoms with Gasteiger partial charge in [-0.1, -0.05) is 0 Å². The highest BCUT2D eigenvalue weighted by atomic mass is 32.2. The van der Waals surface area contributed by atoms with Crippen LogP contribution in [0, 0.1) is 6.92 Å². The van der Waals surface area contributed by atoms with Crippen LogP contribution in [0.5, 0.6) is 0 Å². The summed E-state index contributed by atoms with van der Waals surface area (Å²) < 4.78 is 30.6. The van der Waals surface area contributed by atoms with E-state index in [1.807, 2.05) is 6.92 Å². The van der Waals surface area contributed by atoms with Gasteiger partial charge in [-0.2, -0.15) is 9.40 Å². The van der Waals surface area contributed by atoms with Gasteiger partial charge in [-0.05, 0) is 19.1 Å². The lowest BCUT2D eigenvalue weighted by molar-refractivity contribution is 0.397. The van der Waals surface area contributed by atoms with Crippen molar-refractivity contribution >= 4 is 10.0 Å². The fraction of sp³-hybridized carbons (Fsp3) is 0.300. The molecule has 0 radical (unpaired) electrons. The number of rotatable bonds is 4. The van der Waals surface area contributed by atoms with Gasteiger partial charge in [0.05, 0.1) is 12.7 Å². The van der Waals surface area contributed by atoms with Gasteiger partial charge in [-0.15, -0.1) is 0 Å². The zero-order valence-electron chi connectivity index (χ0n) is 9.54. The van der Waals surface area contributed by atoms with E-state index in [0.29, 0.717) is 5.76 Å². The number of furan rings is 1. The first kappa shape index (κ1) is 11.9. The smallest absolute Gasteiger partial charge is 0.246 e. The molecule has 0 bridgehead atoms. The highest BCUT2D eigenvalue weighted by Crippen LogP contribution is 2.16. The lowest BCUT2D eigenvalue weighted by Gasteiger charge is -2.14. The third kappa shape index (κ3) is 2.40. The largest absolute Gasteiger partial charge is 0.465 e. The minimum atomic E-state index is -3.51. The van der Waals surface area contributed by atoms with Crippen LogP contribution >= 0.6 is 0 Å². The molecule has 6 nitrogen and oxygen atoms in total. The van der Waals surface area contributed by atoms with Crippen molar-refractivity contribution in [3.05, 3.63) is 36.0 Å². The lowest BCUT2D eigenvalue weighted by Crippen LogP contribution is -2.25. The van der Waals surface area contributed by atoms with Gasteiger partial charge >= 0.3 is 0 Å². The molecule has 0 aliphatic carbocycles. The van der Waals surface area contributed by atoms with E-state index in [0.717, 1.165) is 5.76 Å². The normalized spacial score (nSPS) is 12.2. The van der Waals surface area contributed by atoms with Crippen molar-refractivity contribution in [3.63, 3.8) is 0 Å². The molecule has 0 aliphatic heterocycles. The van der Waals surface area contributed by atoms with Gasteiger partial charge in [0, 0.05) is 13.2 Å². The zero-order chi connectivity index (χ0) is 12.5. The summed E-state index contributed by atoms with van der Waals surface area (Å²) in [6.07, 6.45) is 2.62. The summed E-state index contributed by atoms with van der Waals surface area (Å²) in [7, 11) is -2.00. The summed E-state index contributed by atoms with van der Waals surface area (Å²) in [5.41, 5.74) is 0. The van der Waals surface area contributed by atoms with Crippen LogP contribution in [0.1, 0.15) is 11.5 Å². The minimum absolute atomic E-state index is 0.142. The average Bonchev–Trinajstić information content (AvgIpc) is 2.89. The number of hydrogen-bond donors (Lipinski definition) is 1. The molecule has 2 rings (SSSR count). The summed E-state index contributed by atoms with van der Waals surface area (Å²) in [6.45, 7) is 2.01. The van der Waals surface area contributed by atoms with Gasteiger partial charge in [-0.25, -0.2) is 8.42 Å². The van der Waals surface area contributed by atoms with Crippen molar-refractivity contribution in [3.8, 4) is 0 Å². The highest BCUT2D eigenvalue weighted by Gasteiger charge is 2.22. The van der Waals surface area contributed by atoms with E-state index in [2.05, 4.69) is 10.2 Å². The van der Waals surface area contributed by atoms with Crippen LogP contribution in [0.4, 0.5) is 0 Å². The molecule has 92 valence electrons. The van der Waals surface area contributed by atoms with Crippen molar-refractivity contribution in [1.29, 1.82) is 0 Å². The Kier molecular flexibility index (Phi) is 3.03. The maximum atomic E-state index is 12.0. The molecule has 2 aromatic heterocycles. The first-order valence-corrected chi connectivity index (χ1v) is 6.44. The van der Waals surface area contributed by atoms with Crippen LogP contribution in [-0.2, 0) is 16.6 Å². The van der Waals surface area contributed by atoms with Crippen molar-refractivity contribution in [2.45, 2.75) is 18.4 Å². The average molecular weight is 255 g/mol. The Hall–Kier alpha value is -1.60. The number of H-pyrrole nitrogens is 1. The molecule has 0 fully saturated rings. The van der Waals surface area contributed by atoms with E-state index in [1.54, 1.807) is 12.1 Å². The van der Waals surface area contributed by atoms with Crippen LogP contribution in [0.3, 0.4) is 0 Å². The number of nitrogens with one attached hydrogen (secondary N) is 1. The molecular weight excluding hydrogens is 242 g/mol. The SMILES string of the molecule is Cc1ccc(CN(C)S(=O)(=O)c2cn[nH]c2)o1. The number of nitrogens with zero attached hydrogens (tertiary/aromatic N) is 2. The van der Waals surface area contributed by atoms with E-state index in [4.69, 9.17) is 4.42 Å². The summed E-state index contributed by atoms with van der Waals surface area (Å²) >= 11 is 0. The Morgan fingerprint density at radius 3 is 2.76 bits per heavy atom. The molecule has 2 aromatic rings. The van der Waals surface area contributed by atoms with Gasteiger partial charge in [0.15, 0.2) is 0 Å². The van der Waals surface area contributed by atoms with Crippen LogP contribution < -0.4 is 0 Å². The standard InChI is InChI=1S/C10H13N3O3S/c1-8-3-4-9(16-8)7-13(2)17(14,15)10-5-11-12-6-10/h3-6H,7H2,1-2H3,(H,11,12). The topological polar surface area (TPSA) is 79.2 Å². The Labute approximate surface area is 99.3 Å². The van der Waals surface area contributed by atoms with Crippen molar-refractivity contribution in [2.75, 3.05) is 7.05 Å². The Bertz CT molecular complexity index is 586. The molecule has 17 heavy (non-hydrogen) atoms.